The molecule has 0 aromatic heterocycles. The van der Waals surface area contributed by atoms with Crippen LogP contribution in [0.25, 0.3) is 5.57 Å². The van der Waals surface area contributed by atoms with Crippen molar-refractivity contribution in [1.29, 1.82) is 0 Å². The summed E-state index contributed by atoms with van der Waals surface area (Å²) in [4.78, 5) is 16.9. The predicted molar refractivity (Wildman–Crippen MR) is 109 cm³/mol. The summed E-state index contributed by atoms with van der Waals surface area (Å²) in [5, 5.41) is 4.97. The van der Waals surface area contributed by atoms with Gasteiger partial charge >= 0.3 is 6.02 Å². The van der Waals surface area contributed by atoms with Gasteiger partial charge in [0.05, 0.1) is 11.1 Å². The fourth-order valence-electron chi connectivity index (χ4n) is 3.88. The summed E-state index contributed by atoms with van der Waals surface area (Å²) < 4.78 is 6.21. The Morgan fingerprint density at radius 3 is 2.26 bits per heavy atom. The van der Waals surface area contributed by atoms with Crippen LogP contribution in [0.2, 0.25) is 0 Å². The molecule has 5 nitrogen and oxygen atoms in total. The monoisotopic (exact) mass is 368 g/mol. The number of aliphatic imine (C=N–C) groups is 1. The Bertz CT molecular complexity index is 842. The molecule has 0 saturated heterocycles. The second kappa shape index (κ2) is 6.41. The van der Waals surface area contributed by atoms with Crippen molar-refractivity contribution < 1.29 is 14.1 Å². The van der Waals surface area contributed by atoms with Crippen LogP contribution >= 0.6 is 0 Å². The van der Waals surface area contributed by atoms with Gasteiger partial charge in [-0.05, 0) is 40.2 Å². The number of ether oxygens (including phenoxy) is 1. The Morgan fingerprint density at radius 2 is 1.81 bits per heavy atom. The van der Waals surface area contributed by atoms with E-state index < -0.39 is 0 Å². The molecule has 0 radical (unpaired) electrons. The normalized spacial score (nSPS) is 24.7. The van der Waals surface area contributed by atoms with Crippen molar-refractivity contribution in [2.24, 2.45) is 16.0 Å². The average molecular weight is 369 g/mol. The van der Waals surface area contributed by atoms with Crippen molar-refractivity contribution in [1.82, 2.24) is 0 Å². The molecular weight excluding hydrogens is 338 g/mol. The Morgan fingerprint density at radius 1 is 1.19 bits per heavy atom. The lowest BCUT2D eigenvalue weighted by atomic mass is 9.92. The van der Waals surface area contributed by atoms with E-state index in [1.807, 2.05) is 30.3 Å². The summed E-state index contributed by atoms with van der Waals surface area (Å²) in [7, 11) is 0. The number of nitrogens with zero attached hydrogens (tertiary/aromatic N) is 3. The SMILES string of the molecule is CC(C)C1=C(c2ccccc2)C(C=O)=N[N+]1(C1=NC(C)(C)CO1)C(C)(C)C. The minimum atomic E-state index is -0.371. The molecule has 0 bridgehead atoms. The van der Waals surface area contributed by atoms with E-state index in [0.29, 0.717) is 18.3 Å². The lowest BCUT2D eigenvalue weighted by molar-refractivity contribution is -0.868. The average Bonchev–Trinajstić information content (AvgIpc) is 3.13. The standard InChI is InChI=1S/C22H30N3O2/c1-15(2)19-18(16-11-9-8-10-12-16)17(13-26)24-25(19,21(3,4)5)20-23-22(6,7)14-27-20/h8-13,15H,14H2,1-7H3/q+1. The molecule has 0 saturated carbocycles. The van der Waals surface area contributed by atoms with E-state index in [9.17, 15) is 4.79 Å². The number of carbonyl (C=O) groups is 1. The molecule has 27 heavy (non-hydrogen) atoms. The molecule has 0 spiro atoms. The largest absolute Gasteiger partial charge is 0.432 e. The van der Waals surface area contributed by atoms with Gasteiger partial charge < -0.3 is 4.74 Å². The molecule has 0 fully saturated rings. The first-order valence-corrected chi connectivity index (χ1v) is 9.52. The molecule has 2 aliphatic rings. The Kier molecular flexibility index (Phi) is 4.63. The molecule has 3 rings (SSSR count). The summed E-state index contributed by atoms with van der Waals surface area (Å²) in [6, 6.07) is 10.6. The van der Waals surface area contributed by atoms with Crippen molar-refractivity contribution in [2.75, 3.05) is 6.61 Å². The zero-order valence-electron chi connectivity index (χ0n) is 17.4. The van der Waals surface area contributed by atoms with Gasteiger partial charge in [0.1, 0.15) is 12.1 Å². The van der Waals surface area contributed by atoms with Gasteiger partial charge in [0.2, 0.25) is 0 Å². The van der Waals surface area contributed by atoms with Gasteiger partial charge in [-0.2, -0.15) is 4.99 Å². The first kappa shape index (κ1) is 19.5. The minimum absolute atomic E-state index is 0.104. The highest BCUT2D eigenvalue weighted by molar-refractivity contribution is 6.49. The van der Waals surface area contributed by atoms with Crippen molar-refractivity contribution in [3.05, 3.63) is 41.6 Å². The van der Waals surface area contributed by atoms with Crippen molar-refractivity contribution in [2.45, 2.75) is 59.5 Å². The van der Waals surface area contributed by atoms with Crippen LogP contribution in [0.5, 0.6) is 0 Å². The maximum Gasteiger partial charge on any atom is 0.427 e. The Labute approximate surface area is 162 Å². The van der Waals surface area contributed by atoms with Crippen LogP contribution in [0.1, 0.15) is 54.0 Å². The third-order valence-electron chi connectivity index (χ3n) is 5.04. The highest BCUT2D eigenvalue weighted by Crippen LogP contribution is 2.47. The lowest BCUT2D eigenvalue weighted by Gasteiger charge is -2.40. The van der Waals surface area contributed by atoms with Crippen molar-refractivity contribution >= 4 is 23.6 Å². The number of benzene rings is 1. The molecule has 1 unspecified atom stereocenters. The maximum absolute atomic E-state index is 12.1. The zero-order valence-corrected chi connectivity index (χ0v) is 17.4. The van der Waals surface area contributed by atoms with Crippen LogP contribution in [0.3, 0.4) is 0 Å². The van der Waals surface area contributed by atoms with Crippen LogP contribution in [0.4, 0.5) is 0 Å². The third-order valence-corrected chi connectivity index (χ3v) is 5.04. The van der Waals surface area contributed by atoms with Gasteiger partial charge in [-0.15, -0.1) is 0 Å². The molecular formula is C22H30N3O2+. The second-order valence-corrected chi connectivity index (χ2v) is 9.19. The topological polar surface area (TPSA) is 51.0 Å². The van der Waals surface area contributed by atoms with Crippen LogP contribution in [-0.2, 0) is 9.53 Å². The van der Waals surface area contributed by atoms with E-state index in [1.54, 1.807) is 0 Å². The van der Waals surface area contributed by atoms with Crippen LogP contribution in [-0.4, -0.2) is 40.3 Å². The first-order chi connectivity index (χ1) is 12.5. The van der Waals surface area contributed by atoms with Gasteiger partial charge in [-0.3, -0.25) is 4.79 Å². The van der Waals surface area contributed by atoms with E-state index in [4.69, 9.17) is 14.8 Å². The van der Waals surface area contributed by atoms with E-state index in [2.05, 4.69) is 48.5 Å². The maximum atomic E-state index is 12.1. The van der Waals surface area contributed by atoms with E-state index in [0.717, 1.165) is 23.1 Å². The molecule has 0 amide bonds. The smallest absolute Gasteiger partial charge is 0.427 e. The van der Waals surface area contributed by atoms with Gasteiger partial charge in [-0.1, -0.05) is 53.9 Å². The zero-order chi connectivity index (χ0) is 20.0. The number of amidine groups is 1. The lowest BCUT2D eigenvalue weighted by Crippen LogP contribution is -2.59. The number of rotatable bonds is 3. The van der Waals surface area contributed by atoms with Gasteiger partial charge in [0.15, 0.2) is 17.7 Å². The Hall–Kier alpha value is -2.27. The summed E-state index contributed by atoms with van der Waals surface area (Å²) in [5.41, 5.74) is 2.72. The summed E-state index contributed by atoms with van der Waals surface area (Å²) in [5.74, 6) is 0.149. The summed E-state index contributed by atoms with van der Waals surface area (Å²) >= 11 is 0. The number of quaternary nitrogens is 1. The number of hydrogen-bond donors (Lipinski definition) is 0. The van der Waals surface area contributed by atoms with Gasteiger partial charge in [-0.25, -0.2) is 0 Å². The highest BCUT2D eigenvalue weighted by Gasteiger charge is 2.60. The highest BCUT2D eigenvalue weighted by atomic mass is 16.5. The van der Waals surface area contributed by atoms with Crippen molar-refractivity contribution in [3.63, 3.8) is 0 Å². The number of hydrogen-bond acceptors (Lipinski definition) is 4. The van der Waals surface area contributed by atoms with Crippen LogP contribution in [0.15, 0.2) is 46.1 Å². The van der Waals surface area contributed by atoms with Gasteiger partial charge in [0, 0.05) is 5.92 Å². The molecule has 1 aromatic carbocycles. The quantitative estimate of drug-likeness (QED) is 0.586. The van der Waals surface area contributed by atoms with E-state index in [1.165, 1.54) is 0 Å². The number of allylic oxidation sites excluding steroid dienone is 2. The molecule has 2 aliphatic heterocycles. The molecule has 1 atom stereocenters. The molecule has 1 aromatic rings. The Balaban J connectivity index is 2.39. The molecule has 5 heteroatoms. The first-order valence-electron chi connectivity index (χ1n) is 9.52. The number of aldehydes is 1. The molecule has 0 aliphatic carbocycles. The van der Waals surface area contributed by atoms with Crippen LogP contribution in [0, 0.1) is 5.92 Å². The predicted octanol–water partition coefficient (Wildman–Crippen LogP) is 4.40. The molecule has 0 N–H and O–H groups in total. The number of carbonyl (C=O) groups excluding carboxylic acids is 1. The molecule has 2 heterocycles. The summed E-state index contributed by atoms with van der Waals surface area (Å²) in [6.07, 6.45) is 0.858. The van der Waals surface area contributed by atoms with Crippen LogP contribution < -0.4 is 0 Å². The minimum Gasteiger partial charge on any atom is -0.432 e. The fraction of sp³-hybridized carbons (Fsp3) is 0.500. The second-order valence-electron chi connectivity index (χ2n) is 9.19. The van der Waals surface area contributed by atoms with Gasteiger partial charge in [0.25, 0.3) is 0 Å². The third kappa shape index (κ3) is 3.04. The van der Waals surface area contributed by atoms with Crippen molar-refractivity contribution in [3.8, 4) is 0 Å². The van der Waals surface area contributed by atoms with E-state index in [-0.39, 0.29) is 21.6 Å². The fourth-order valence-corrected chi connectivity index (χ4v) is 3.88. The molecule has 144 valence electrons. The summed E-state index contributed by atoms with van der Waals surface area (Å²) in [6.45, 7) is 15.2. The van der Waals surface area contributed by atoms with E-state index >= 15 is 0 Å².